The van der Waals surface area contributed by atoms with E-state index >= 15 is 0 Å². The van der Waals surface area contributed by atoms with E-state index in [0.717, 1.165) is 11.8 Å². The van der Waals surface area contributed by atoms with E-state index in [1.807, 2.05) is 20.8 Å². The molecule has 0 amide bonds. The minimum absolute atomic E-state index is 0.0280. The molecule has 0 spiro atoms. The molecule has 0 aliphatic carbocycles. The number of nitro groups is 1. The van der Waals surface area contributed by atoms with Crippen molar-refractivity contribution in [2.75, 3.05) is 19.7 Å². The van der Waals surface area contributed by atoms with E-state index in [0.29, 0.717) is 0 Å². The standard InChI is InChI=1S/C21H32N2O7/c1-20(2,3)29-19(25)14-22(11-12-28-30-21(4,5)6)18(15-24)13-16-7-9-17(10-8-16)23(26)27/h7-10,15,18H,11-14H2,1-6H3. The van der Waals surface area contributed by atoms with Gasteiger partial charge in [-0.25, -0.2) is 9.78 Å². The number of hydrogen-bond acceptors (Lipinski definition) is 8. The molecule has 0 N–H and O–H groups in total. The third-order valence-electron chi connectivity index (χ3n) is 3.74. The van der Waals surface area contributed by atoms with Crippen LogP contribution in [0.2, 0.25) is 0 Å². The Labute approximate surface area is 177 Å². The lowest BCUT2D eigenvalue weighted by atomic mass is 10.0. The third-order valence-corrected chi connectivity index (χ3v) is 3.74. The van der Waals surface area contributed by atoms with Crippen molar-refractivity contribution in [3.8, 4) is 0 Å². The lowest BCUT2D eigenvalue weighted by Crippen LogP contribution is -2.45. The summed E-state index contributed by atoms with van der Waals surface area (Å²) in [5, 5.41) is 10.8. The van der Waals surface area contributed by atoms with Gasteiger partial charge < -0.3 is 9.53 Å². The van der Waals surface area contributed by atoms with Crippen LogP contribution < -0.4 is 0 Å². The van der Waals surface area contributed by atoms with Gasteiger partial charge in [-0.05, 0) is 53.5 Å². The molecule has 1 aromatic carbocycles. The Bertz CT molecular complexity index is 706. The van der Waals surface area contributed by atoms with Crippen LogP contribution >= 0.6 is 0 Å². The Hall–Kier alpha value is -2.36. The molecule has 9 nitrogen and oxygen atoms in total. The summed E-state index contributed by atoms with van der Waals surface area (Å²) in [6.07, 6.45) is 1.03. The number of carbonyl (C=O) groups excluding carboxylic acids is 2. The van der Waals surface area contributed by atoms with Crippen molar-refractivity contribution in [2.45, 2.75) is 65.2 Å². The quantitative estimate of drug-likeness (QED) is 0.133. The van der Waals surface area contributed by atoms with Gasteiger partial charge in [0.15, 0.2) is 0 Å². The van der Waals surface area contributed by atoms with Crippen LogP contribution in [0.3, 0.4) is 0 Å². The molecule has 0 aromatic heterocycles. The molecule has 1 aromatic rings. The Morgan fingerprint density at radius 3 is 2.20 bits per heavy atom. The summed E-state index contributed by atoms with van der Waals surface area (Å²) in [6.45, 7) is 11.1. The maximum absolute atomic E-state index is 12.3. The summed E-state index contributed by atoms with van der Waals surface area (Å²) in [5.41, 5.74) is -0.430. The Balaban J connectivity index is 2.87. The maximum Gasteiger partial charge on any atom is 0.320 e. The van der Waals surface area contributed by atoms with Crippen LogP contribution in [0, 0.1) is 10.1 Å². The molecule has 0 aliphatic heterocycles. The van der Waals surface area contributed by atoms with Gasteiger partial charge in [0.05, 0.1) is 29.7 Å². The summed E-state index contributed by atoms with van der Waals surface area (Å²) < 4.78 is 5.37. The first-order valence-electron chi connectivity index (χ1n) is 9.76. The van der Waals surface area contributed by atoms with Crippen LogP contribution in [-0.2, 0) is 30.5 Å². The molecule has 9 heteroatoms. The minimum atomic E-state index is -0.649. The van der Waals surface area contributed by atoms with Gasteiger partial charge in [-0.1, -0.05) is 12.1 Å². The number of ether oxygens (including phenoxy) is 1. The lowest BCUT2D eigenvalue weighted by Gasteiger charge is -2.29. The van der Waals surface area contributed by atoms with E-state index in [-0.39, 0.29) is 31.8 Å². The zero-order valence-electron chi connectivity index (χ0n) is 18.5. The highest BCUT2D eigenvalue weighted by Gasteiger charge is 2.25. The van der Waals surface area contributed by atoms with Crippen LogP contribution in [0.15, 0.2) is 24.3 Å². The molecule has 1 rings (SSSR count). The second-order valence-electron chi connectivity index (χ2n) is 8.91. The lowest BCUT2D eigenvalue weighted by molar-refractivity contribution is -0.384. The summed E-state index contributed by atoms with van der Waals surface area (Å²) in [7, 11) is 0. The molecule has 168 valence electrons. The van der Waals surface area contributed by atoms with Crippen molar-refractivity contribution in [1.29, 1.82) is 0 Å². The molecule has 30 heavy (non-hydrogen) atoms. The topological polar surface area (TPSA) is 108 Å². The largest absolute Gasteiger partial charge is 0.459 e. The SMILES string of the molecule is CC(C)(C)OOCCN(CC(=O)OC(C)(C)C)C(C=O)Cc1ccc([N+](=O)[O-])cc1. The first-order valence-corrected chi connectivity index (χ1v) is 9.76. The Kier molecular flexibility index (Phi) is 9.54. The van der Waals surface area contributed by atoms with Gasteiger partial charge in [0, 0.05) is 18.7 Å². The van der Waals surface area contributed by atoms with Crippen LogP contribution in [-0.4, -0.2) is 59.0 Å². The van der Waals surface area contributed by atoms with Crippen molar-refractivity contribution >= 4 is 17.9 Å². The van der Waals surface area contributed by atoms with Crippen LogP contribution in [0.1, 0.15) is 47.1 Å². The van der Waals surface area contributed by atoms with Gasteiger partial charge >= 0.3 is 5.97 Å². The zero-order valence-corrected chi connectivity index (χ0v) is 18.5. The van der Waals surface area contributed by atoms with Gasteiger partial charge in [0.25, 0.3) is 5.69 Å². The fourth-order valence-electron chi connectivity index (χ4n) is 2.53. The first-order chi connectivity index (χ1) is 13.8. The summed E-state index contributed by atoms with van der Waals surface area (Å²) in [6, 6.07) is 5.32. The number of rotatable bonds is 11. The molecule has 0 aliphatic rings. The van der Waals surface area contributed by atoms with E-state index in [9.17, 15) is 19.7 Å². The monoisotopic (exact) mass is 424 g/mol. The Morgan fingerprint density at radius 1 is 1.13 bits per heavy atom. The molecule has 0 saturated heterocycles. The smallest absolute Gasteiger partial charge is 0.320 e. The van der Waals surface area contributed by atoms with Crippen LogP contribution in [0.5, 0.6) is 0 Å². The number of nitro benzene ring substituents is 1. The predicted molar refractivity (Wildman–Crippen MR) is 111 cm³/mol. The number of hydrogen-bond donors (Lipinski definition) is 0. The van der Waals surface area contributed by atoms with Crippen molar-refractivity contribution in [2.24, 2.45) is 0 Å². The summed E-state index contributed by atoms with van der Waals surface area (Å²) in [5.74, 6) is -0.463. The predicted octanol–water partition coefficient (Wildman–Crippen LogP) is 3.10. The molecule has 0 bridgehead atoms. The van der Waals surface area contributed by atoms with Gasteiger partial charge in [0.1, 0.15) is 11.9 Å². The average Bonchev–Trinajstić information content (AvgIpc) is 2.60. The number of carbonyl (C=O) groups is 2. The van der Waals surface area contributed by atoms with Crippen LogP contribution in [0.25, 0.3) is 0 Å². The molecule has 0 radical (unpaired) electrons. The van der Waals surface area contributed by atoms with Crippen molar-refractivity contribution in [1.82, 2.24) is 4.90 Å². The summed E-state index contributed by atoms with van der Waals surface area (Å²) >= 11 is 0. The zero-order chi connectivity index (χ0) is 22.9. The fourth-order valence-corrected chi connectivity index (χ4v) is 2.53. The highest BCUT2D eigenvalue weighted by atomic mass is 17.2. The van der Waals surface area contributed by atoms with Gasteiger partial charge in [-0.15, -0.1) is 0 Å². The number of benzene rings is 1. The van der Waals surface area contributed by atoms with Gasteiger partial charge in [-0.3, -0.25) is 19.8 Å². The number of nitrogens with zero attached hydrogens (tertiary/aromatic N) is 2. The third kappa shape index (κ3) is 10.4. The van der Waals surface area contributed by atoms with Crippen molar-refractivity contribution < 1.29 is 29.0 Å². The maximum atomic E-state index is 12.3. The van der Waals surface area contributed by atoms with Gasteiger partial charge in [0.2, 0.25) is 0 Å². The average molecular weight is 424 g/mol. The fraction of sp³-hybridized carbons (Fsp3) is 0.619. The number of aldehydes is 1. The molecule has 0 fully saturated rings. The normalized spacial score (nSPS) is 13.2. The molecule has 0 heterocycles. The molecular formula is C21H32N2O7. The molecule has 1 atom stereocenters. The highest BCUT2D eigenvalue weighted by Crippen LogP contribution is 2.16. The van der Waals surface area contributed by atoms with E-state index in [2.05, 4.69) is 0 Å². The van der Waals surface area contributed by atoms with Crippen molar-refractivity contribution in [3.63, 3.8) is 0 Å². The van der Waals surface area contributed by atoms with Crippen LogP contribution in [0.4, 0.5) is 5.69 Å². The second-order valence-corrected chi connectivity index (χ2v) is 8.91. The van der Waals surface area contributed by atoms with E-state index < -0.39 is 28.1 Å². The number of esters is 1. The Morgan fingerprint density at radius 2 is 1.73 bits per heavy atom. The minimum Gasteiger partial charge on any atom is -0.459 e. The van der Waals surface area contributed by atoms with E-state index in [4.69, 9.17) is 14.5 Å². The molecular weight excluding hydrogens is 392 g/mol. The first kappa shape index (κ1) is 25.7. The highest BCUT2D eigenvalue weighted by molar-refractivity contribution is 5.73. The van der Waals surface area contributed by atoms with Crippen molar-refractivity contribution in [3.05, 3.63) is 39.9 Å². The van der Waals surface area contributed by atoms with E-state index in [1.165, 1.54) is 12.1 Å². The van der Waals surface area contributed by atoms with Gasteiger partial charge in [-0.2, -0.15) is 0 Å². The van der Waals surface area contributed by atoms with E-state index in [1.54, 1.807) is 37.8 Å². The molecule has 0 saturated carbocycles. The number of non-ortho nitro benzene ring substituents is 1. The molecule has 1 unspecified atom stereocenters. The second kappa shape index (κ2) is 11.1. The summed E-state index contributed by atoms with van der Waals surface area (Å²) in [4.78, 5) is 46.6.